The van der Waals surface area contributed by atoms with Crippen LogP contribution in [0, 0.1) is 11.8 Å². The van der Waals surface area contributed by atoms with Crippen LogP contribution in [0.2, 0.25) is 0 Å². The van der Waals surface area contributed by atoms with Crippen molar-refractivity contribution >= 4 is 0 Å². The molecule has 0 radical (unpaired) electrons. The highest BCUT2D eigenvalue weighted by atomic mass is 15.4. The topological polar surface area (TPSA) is 29.3 Å². The molecule has 2 rings (SSSR count). The number of rotatable bonds is 0. The number of fused-ring (bicyclic) bond motifs is 1. The summed E-state index contributed by atoms with van der Waals surface area (Å²) in [5.74, 6) is 7.57. The number of hydrogen-bond donors (Lipinski definition) is 1. The standard InChI is InChI=1S/C7H14N2/c8-9-4-6-2-1-3-7(6)5-9/h6-7H,1-5,8H2/t6-,7?/m0/s1. The van der Waals surface area contributed by atoms with Crippen LogP contribution in [0.25, 0.3) is 0 Å². The van der Waals surface area contributed by atoms with E-state index in [9.17, 15) is 0 Å². The second-order valence-electron chi connectivity index (χ2n) is 3.40. The maximum absolute atomic E-state index is 5.66. The van der Waals surface area contributed by atoms with Crippen LogP contribution in [0.15, 0.2) is 0 Å². The first kappa shape index (κ1) is 5.69. The van der Waals surface area contributed by atoms with E-state index in [1.807, 2.05) is 5.01 Å². The van der Waals surface area contributed by atoms with Gasteiger partial charge in [0.2, 0.25) is 0 Å². The highest BCUT2D eigenvalue weighted by molar-refractivity contribution is 4.86. The van der Waals surface area contributed by atoms with Crippen molar-refractivity contribution in [3.8, 4) is 0 Å². The zero-order valence-electron chi connectivity index (χ0n) is 5.71. The van der Waals surface area contributed by atoms with Crippen molar-refractivity contribution in [1.29, 1.82) is 0 Å². The van der Waals surface area contributed by atoms with E-state index in [0.29, 0.717) is 0 Å². The molecule has 0 spiro atoms. The first-order valence-electron chi connectivity index (χ1n) is 3.86. The summed E-state index contributed by atoms with van der Waals surface area (Å²) in [6, 6.07) is 0. The third kappa shape index (κ3) is 0.864. The van der Waals surface area contributed by atoms with Gasteiger partial charge in [0.05, 0.1) is 0 Å². The van der Waals surface area contributed by atoms with Gasteiger partial charge in [0.25, 0.3) is 0 Å². The van der Waals surface area contributed by atoms with Gasteiger partial charge in [0, 0.05) is 13.1 Å². The van der Waals surface area contributed by atoms with Crippen LogP contribution in [0.3, 0.4) is 0 Å². The molecule has 52 valence electrons. The second kappa shape index (κ2) is 1.96. The van der Waals surface area contributed by atoms with E-state index >= 15 is 0 Å². The summed E-state index contributed by atoms with van der Waals surface area (Å²) in [4.78, 5) is 0. The molecule has 2 fully saturated rings. The van der Waals surface area contributed by atoms with E-state index < -0.39 is 0 Å². The normalized spacial score (nSPS) is 43.7. The molecular formula is C7H14N2. The number of nitrogens with zero attached hydrogens (tertiary/aromatic N) is 1. The van der Waals surface area contributed by atoms with E-state index in [0.717, 1.165) is 24.9 Å². The average Bonchev–Trinajstić information content (AvgIpc) is 2.22. The van der Waals surface area contributed by atoms with Gasteiger partial charge in [-0.3, -0.25) is 5.84 Å². The van der Waals surface area contributed by atoms with E-state index in [2.05, 4.69) is 0 Å². The average molecular weight is 126 g/mol. The van der Waals surface area contributed by atoms with Crippen LogP contribution in [0.1, 0.15) is 19.3 Å². The van der Waals surface area contributed by atoms with Gasteiger partial charge in [-0.25, -0.2) is 5.01 Å². The van der Waals surface area contributed by atoms with Gasteiger partial charge >= 0.3 is 0 Å². The molecule has 0 aromatic carbocycles. The highest BCUT2D eigenvalue weighted by Crippen LogP contribution is 2.36. The zero-order chi connectivity index (χ0) is 6.27. The van der Waals surface area contributed by atoms with Crippen LogP contribution >= 0.6 is 0 Å². The van der Waals surface area contributed by atoms with Gasteiger partial charge in [-0.2, -0.15) is 0 Å². The van der Waals surface area contributed by atoms with Crippen LogP contribution in [0.5, 0.6) is 0 Å². The second-order valence-corrected chi connectivity index (χ2v) is 3.40. The third-order valence-electron chi connectivity index (χ3n) is 2.75. The molecule has 2 atom stereocenters. The fourth-order valence-corrected chi connectivity index (χ4v) is 2.27. The SMILES string of the molecule is NN1CC2CCC[C@H]2C1. The van der Waals surface area contributed by atoms with Crippen molar-refractivity contribution in [1.82, 2.24) is 5.01 Å². The molecule has 0 aromatic rings. The van der Waals surface area contributed by atoms with Gasteiger partial charge in [0.15, 0.2) is 0 Å². The molecule has 2 nitrogen and oxygen atoms in total. The Kier molecular flexibility index (Phi) is 1.24. The van der Waals surface area contributed by atoms with Crippen molar-refractivity contribution in [2.24, 2.45) is 17.7 Å². The van der Waals surface area contributed by atoms with Crippen molar-refractivity contribution in [2.75, 3.05) is 13.1 Å². The lowest BCUT2D eigenvalue weighted by molar-refractivity contribution is 0.324. The molecule has 0 bridgehead atoms. The summed E-state index contributed by atoms with van der Waals surface area (Å²) in [5.41, 5.74) is 0. The maximum atomic E-state index is 5.66. The minimum atomic E-state index is 0.954. The summed E-state index contributed by atoms with van der Waals surface area (Å²) < 4.78 is 0. The molecule has 1 aliphatic heterocycles. The Balaban J connectivity index is 2.02. The molecule has 9 heavy (non-hydrogen) atoms. The first-order valence-corrected chi connectivity index (χ1v) is 3.86. The summed E-state index contributed by atoms with van der Waals surface area (Å²) in [6.07, 6.45) is 4.31. The predicted octanol–water partition coefficient (Wildman–Crippen LogP) is 0.592. The molecular weight excluding hydrogens is 112 g/mol. The lowest BCUT2D eigenvalue weighted by Crippen LogP contribution is -2.28. The van der Waals surface area contributed by atoms with E-state index in [1.54, 1.807) is 0 Å². The lowest BCUT2D eigenvalue weighted by atomic mass is 10.0. The Bertz CT molecular complexity index is 101. The van der Waals surface area contributed by atoms with Crippen LogP contribution in [-0.4, -0.2) is 18.1 Å². The van der Waals surface area contributed by atoms with E-state index in [4.69, 9.17) is 5.84 Å². The van der Waals surface area contributed by atoms with Crippen LogP contribution in [0.4, 0.5) is 0 Å². The summed E-state index contributed by atoms with van der Waals surface area (Å²) in [6.45, 7) is 2.31. The minimum Gasteiger partial charge on any atom is -0.269 e. The van der Waals surface area contributed by atoms with Crippen molar-refractivity contribution in [3.05, 3.63) is 0 Å². The van der Waals surface area contributed by atoms with Gasteiger partial charge in [-0.1, -0.05) is 6.42 Å². The lowest BCUT2D eigenvalue weighted by Gasteiger charge is -2.06. The Morgan fingerprint density at radius 2 is 1.67 bits per heavy atom. The fourth-order valence-electron chi connectivity index (χ4n) is 2.27. The molecule has 2 heteroatoms. The van der Waals surface area contributed by atoms with Gasteiger partial charge in [-0.15, -0.1) is 0 Å². The Morgan fingerprint density at radius 3 is 2.22 bits per heavy atom. The smallest absolute Gasteiger partial charge is 0.0160 e. The molecule has 0 aromatic heterocycles. The Morgan fingerprint density at radius 1 is 1.11 bits per heavy atom. The molecule has 2 N–H and O–H groups in total. The predicted molar refractivity (Wildman–Crippen MR) is 36.6 cm³/mol. The van der Waals surface area contributed by atoms with Gasteiger partial charge < -0.3 is 0 Å². The van der Waals surface area contributed by atoms with E-state index in [-0.39, 0.29) is 0 Å². The number of nitrogens with two attached hydrogens (primary N) is 1. The van der Waals surface area contributed by atoms with Crippen molar-refractivity contribution < 1.29 is 0 Å². The fraction of sp³-hybridized carbons (Fsp3) is 1.00. The Labute approximate surface area is 56.0 Å². The molecule has 2 aliphatic rings. The summed E-state index contributed by atoms with van der Waals surface area (Å²) in [5, 5.41) is 1.98. The Hall–Kier alpha value is -0.0800. The summed E-state index contributed by atoms with van der Waals surface area (Å²) >= 11 is 0. The molecule has 0 amide bonds. The maximum Gasteiger partial charge on any atom is 0.0160 e. The quantitative estimate of drug-likeness (QED) is 0.481. The zero-order valence-corrected chi connectivity index (χ0v) is 5.71. The molecule has 1 unspecified atom stereocenters. The molecule has 1 saturated carbocycles. The minimum absolute atomic E-state index is 0.954. The third-order valence-corrected chi connectivity index (χ3v) is 2.75. The summed E-state index contributed by atoms with van der Waals surface area (Å²) in [7, 11) is 0. The molecule has 1 aliphatic carbocycles. The highest BCUT2D eigenvalue weighted by Gasteiger charge is 2.34. The number of hydrazine groups is 1. The molecule has 1 saturated heterocycles. The molecule has 1 heterocycles. The van der Waals surface area contributed by atoms with E-state index in [1.165, 1.54) is 19.3 Å². The largest absolute Gasteiger partial charge is 0.269 e. The van der Waals surface area contributed by atoms with Crippen molar-refractivity contribution in [2.45, 2.75) is 19.3 Å². The van der Waals surface area contributed by atoms with Gasteiger partial charge in [0.1, 0.15) is 0 Å². The van der Waals surface area contributed by atoms with Gasteiger partial charge in [-0.05, 0) is 24.7 Å². The van der Waals surface area contributed by atoms with Crippen LogP contribution < -0.4 is 5.84 Å². The number of hydrogen-bond acceptors (Lipinski definition) is 2. The van der Waals surface area contributed by atoms with Crippen LogP contribution in [-0.2, 0) is 0 Å². The van der Waals surface area contributed by atoms with Crippen molar-refractivity contribution in [3.63, 3.8) is 0 Å². The monoisotopic (exact) mass is 126 g/mol. The first-order chi connectivity index (χ1) is 4.36.